The number of nitrogens with two attached hydrogens (primary N) is 1. The van der Waals surface area contributed by atoms with Crippen LogP contribution in [0.4, 0.5) is 0 Å². The molecule has 0 aromatic rings. The minimum atomic E-state index is 0.612. The van der Waals surface area contributed by atoms with E-state index in [-0.39, 0.29) is 0 Å². The van der Waals surface area contributed by atoms with Gasteiger partial charge >= 0.3 is 0 Å². The molecule has 0 aromatic carbocycles. The highest BCUT2D eigenvalue weighted by Crippen LogP contribution is 2.23. The van der Waals surface area contributed by atoms with Crippen LogP contribution in [0.5, 0.6) is 0 Å². The summed E-state index contributed by atoms with van der Waals surface area (Å²) >= 11 is 0. The van der Waals surface area contributed by atoms with Gasteiger partial charge in [-0.25, -0.2) is 0 Å². The Bertz CT molecular complexity index is 143. The van der Waals surface area contributed by atoms with Gasteiger partial charge in [0.2, 0.25) is 0 Å². The Morgan fingerprint density at radius 1 is 1.67 bits per heavy atom. The Morgan fingerprint density at radius 2 is 2.33 bits per heavy atom. The number of hydrogen-bond acceptors (Lipinski definition) is 2. The minimum Gasteiger partial charge on any atom is -0.405 e. The summed E-state index contributed by atoms with van der Waals surface area (Å²) < 4.78 is 0. The van der Waals surface area contributed by atoms with Crippen LogP contribution in [0.25, 0.3) is 0 Å². The van der Waals surface area contributed by atoms with E-state index < -0.39 is 0 Å². The Morgan fingerprint density at radius 3 is 2.78 bits per heavy atom. The standard InChI is InChI=1S/C7H12N2/c1-6(4-5-8)9-7-2-3-7/h4-5,7H,2-3,8H2,1H3. The number of hydrogen-bond donors (Lipinski definition) is 1. The van der Waals surface area contributed by atoms with Crippen LogP contribution in [-0.2, 0) is 0 Å². The lowest BCUT2D eigenvalue weighted by Crippen LogP contribution is -1.89. The summed E-state index contributed by atoms with van der Waals surface area (Å²) in [7, 11) is 0. The predicted molar refractivity (Wildman–Crippen MR) is 39.5 cm³/mol. The summed E-state index contributed by atoms with van der Waals surface area (Å²) in [5, 5.41) is 0. The molecule has 50 valence electrons. The first kappa shape index (κ1) is 6.33. The van der Waals surface area contributed by atoms with Crippen LogP contribution >= 0.6 is 0 Å². The van der Waals surface area contributed by atoms with Crippen molar-refractivity contribution in [1.29, 1.82) is 0 Å². The highest BCUT2D eigenvalue weighted by Gasteiger charge is 2.19. The quantitative estimate of drug-likeness (QED) is 0.550. The van der Waals surface area contributed by atoms with Gasteiger partial charge < -0.3 is 5.73 Å². The average Bonchev–Trinajstić information content (AvgIpc) is 2.50. The van der Waals surface area contributed by atoms with Gasteiger partial charge in [0.15, 0.2) is 0 Å². The molecule has 1 rings (SSSR count). The minimum absolute atomic E-state index is 0.612. The fourth-order valence-corrected chi connectivity index (χ4v) is 0.674. The predicted octanol–water partition coefficient (Wildman–Crippen LogP) is 1.08. The average molecular weight is 124 g/mol. The molecule has 0 aromatic heterocycles. The second kappa shape index (κ2) is 2.67. The topological polar surface area (TPSA) is 38.4 Å². The molecule has 2 nitrogen and oxygen atoms in total. The molecule has 0 saturated heterocycles. The van der Waals surface area contributed by atoms with Gasteiger partial charge in [-0.3, -0.25) is 4.99 Å². The molecule has 0 heterocycles. The van der Waals surface area contributed by atoms with E-state index in [0.717, 1.165) is 5.71 Å². The summed E-state index contributed by atoms with van der Waals surface area (Å²) in [6.45, 7) is 1.97. The summed E-state index contributed by atoms with van der Waals surface area (Å²) in [6.07, 6.45) is 5.88. The summed E-state index contributed by atoms with van der Waals surface area (Å²) in [4.78, 5) is 4.33. The van der Waals surface area contributed by atoms with Crippen LogP contribution in [0.3, 0.4) is 0 Å². The highest BCUT2D eigenvalue weighted by atomic mass is 14.8. The van der Waals surface area contributed by atoms with Crippen LogP contribution in [-0.4, -0.2) is 11.8 Å². The Kier molecular flexibility index (Phi) is 1.88. The molecular formula is C7H12N2. The van der Waals surface area contributed by atoms with Crippen LogP contribution < -0.4 is 5.73 Å². The molecule has 0 unspecified atom stereocenters. The van der Waals surface area contributed by atoms with E-state index in [1.165, 1.54) is 19.0 Å². The zero-order valence-electron chi connectivity index (χ0n) is 5.67. The van der Waals surface area contributed by atoms with Crippen molar-refractivity contribution in [3.63, 3.8) is 0 Å². The fraction of sp³-hybridized carbons (Fsp3) is 0.571. The van der Waals surface area contributed by atoms with E-state index in [1.807, 2.05) is 13.0 Å². The fourth-order valence-electron chi connectivity index (χ4n) is 0.674. The van der Waals surface area contributed by atoms with E-state index in [4.69, 9.17) is 5.73 Å². The van der Waals surface area contributed by atoms with Gasteiger partial charge in [-0.2, -0.15) is 0 Å². The molecule has 2 heteroatoms. The van der Waals surface area contributed by atoms with Gasteiger partial charge in [0.05, 0.1) is 6.04 Å². The molecule has 1 aliphatic carbocycles. The van der Waals surface area contributed by atoms with Gasteiger partial charge in [-0.1, -0.05) is 0 Å². The van der Waals surface area contributed by atoms with Crippen molar-refractivity contribution < 1.29 is 0 Å². The van der Waals surface area contributed by atoms with Crippen LogP contribution in [0.15, 0.2) is 17.3 Å². The van der Waals surface area contributed by atoms with Gasteiger partial charge in [0, 0.05) is 5.71 Å². The molecule has 0 atom stereocenters. The lowest BCUT2D eigenvalue weighted by atomic mass is 10.4. The first-order valence-corrected chi connectivity index (χ1v) is 3.25. The maximum Gasteiger partial charge on any atom is 0.0504 e. The normalized spacial score (nSPS) is 21.2. The van der Waals surface area contributed by atoms with Crippen molar-refractivity contribution in [3.8, 4) is 0 Å². The van der Waals surface area contributed by atoms with Crippen molar-refractivity contribution in [3.05, 3.63) is 12.3 Å². The summed E-state index contributed by atoms with van der Waals surface area (Å²) in [5.41, 5.74) is 6.21. The zero-order chi connectivity index (χ0) is 6.69. The molecule has 0 bridgehead atoms. The van der Waals surface area contributed by atoms with Crippen molar-refractivity contribution in [2.75, 3.05) is 0 Å². The van der Waals surface area contributed by atoms with E-state index in [1.54, 1.807) is 0 Å². The highest BCUT2D eigenvalue weighted by molar-refractivity contribution is 5.92. The van der Waals surface area contributed by atoms with Crippen LogP contribution in [0, 0.1) is 0 Å². The molecule has 1 saturated carbocycles. The zero-order valence-corrected chi connectivity index (χ0v) is 5.67. The summed E-state index contributed by atoms with van der Waals surface area (Å²) in [6, 6.07) is 0.612. The molecule has 0 radical (unpaired) electrons. The third-order valence-electron chi connectivity index (χ3n) is 1.27. The molecule has 2 N–H and O–H groups in total. The molecule has 0 spiro atoms. The molecule has 0 aliphatic heterocycles. The molecule has 1 fully saturated rings. The van der Waals surface area contributed by atoms with Crippen molar-refractivity contribution in [2.24, 2.45) is 10.7 Å². The molecule has 0 amide bonds. The largest absolute Gasteiger partial charge is 0.405 e. The number of aliphatic imine (C=N–C) groups is 1. The molecule has 9 heavy (non-hydrogen) atoms. The Labute approximate surface area is 55.5 Å². The van der Waals surface area contributed by atoms with Gasteiger partial charge in [-0.05, 0) is 32.0 Å². The van der Waals surface area contributed by atoms with Gasteiger partial charge in [0.1, 0.15) is 0 Å². The maximum atomic E-state index is 5.16. The third-order valence-corrected chi connectivity index (χ3v) is 1.27. The number of rotatable bonds is 2. The second-order valence-corrected chi connectivity index (χ2v) is 2.36. The Hall–Kier alpha value is -0.790. The lowest BCUT2D eigenvalue weighted by Gasteiger charge is -1.87. The van der Waals surface area contributed by atoms with Gasteiger partial charge in [-0.15, -0.1) is 0 Å². The van der Waals surface area contributed by atoms with Crippen molar-refractivity contribution in [2.45, 2.75) is 25.8 Å². The van der Waals surface area contributed by atoms with Crippen LogP contribution in [0.1, 0.15) is 19.8 Å². The lowest BCUT2D eigenvalue weighted by molar-refractivity contribution is 1.07. The number of nitrogens with zero attached hydrogens (tertiary/aromatic N) is 1. The number of allylic oxidation sites excluding steroid dienone is 1. The maximum absolute atomic E-state index is 5.16. The van der Waals surface area contributed by atoms with E-state index in [2.05, 4.69) is 4.99 Å². The first-order valence-electron chi connectivity index (χ1n) is 3.25. The smallest absolute Gasteiger partial charge is 0.0504 e. The van der Waals surface area contributed by atoms with E-state index in [9.17, 15) is 0 Å². The first-order chi connectivity index (χ1) is 4.33. The SMILES string of the molecule is CC(C=CN)=NC1CC1. The second-order valence-electron chi connectivity index (χ2n) is 2.36. The van der Waals surface area contributed by atoms with Gasteiger partial charge in [0.25, 0.3) is 0 Å². The molecular weight excluding hydrogens is 112 g/mol. The molecule has 1 aliphatic rings. The van der Waals surface area contributed by atoms with Crippen LogP contribution in [0.2, 0.25) is 0 Å². The summed E-state index contributed by atoms with van der Waals surface area (Å²) in [5.74, 6) is 0. The van der Waals surface area contributed by atoms with E-state index >= 15 is 0 Å². The Balaban J connectivity index is 2.37. The third kappa shape index (κ3) is 2.31. The van der Waals surface area contributed by atoms with Crippen molar-refractivity contribution in [1.82, 2.24) is 0 Å². The monoisotopic (exact) mass is 124 g/mol. The van der Waals surface area contributed by atoms with E-state index in [0.29, 0.717) is 6.04 Å². The van der Waals surface area contributed by atoms with Crippen molar-refractivity contribution >= 4 is 5.71 Å².